The Morgan fingerprint density at radius 2 is 1.95 bits per heavy atom. The Labute approximate surface area is 116 Å². The molecule has 0 atom stereocenters. The summed E-state index contributed by atoms with van der Waals surface area (Å²) in [7, 11) is 0. The summed E-state index contributed by atoms with van der Waals surface area (Å²) in [6, 6.07) is 7.11. The number of carbonyl (C=O) groups excluding carboxylic acids is 1. The lowest BCUT2D eigenvalue weighted by Crippen LogP contribution is -2.45. The molecule has 8 heteroatoms. The molecule has 0 aliphatic rings. The van der Waals surface area contributed by atoms with Gasteiger partial charge in [-0.2, -0.15) is 5.21 Å². The topological polar surface area (TPSA) is 110 Å². The number of hydrogen-bond acceptors (Lipinski definition) is 5. The first kappa shape index (κ1) is 15.1. The van der Waals surface area contributed by atoms with Crippen molar-refractivity contribution in [3.8, 4) is 11.4 Å². The summed E-state index contributed by atoms with van der Waals surface area (Å²) in [5, 5.41) is 16.3. The van der Waals surface area contributed by atoms with Crippen LogP contribution in [0.5, 0.6) is 0 Å². The highest BCUT2D eigenvalue weighted by Gasteiger charge is 2.21. The van der Waals surface area contributed by atoms with Gasteiger partial charge in [0, 0.05) is 11.3 Å². The van der Waals surface area contributed by atoms with Gasteiger partial charge in [-0.15, -0.1) is 22.6 Å². The van der Waals surface area contributed by atoms with Crippen molar-refractivity contribution in [3.05, 3.63) is 24.3 Å². The Hall–Kier alpha value is -1.99. The smallest absolute Gasteiger partial charge is 0.243 e. The third-order valence-electron chi connectivity index (χ3n) is 2.33. The van der Waals surface area contributed by atoms with Crippen molar-refractivity contribution >= 4 is 24.0 Å². The minimum absolute atomic E-state index is 0. The van der Waals surface area contributed by atoms with Crippen LogP contribution in [-0.2, 0) is 4.79 Å². The molecule has 19 heavy (non-hydrogen) atoms. The number of halogens is 1. The Kier molecular flexibility index (Phi) is 4.57. The van der Waals surface area contributed by atoms with Crippen LogP contribution in [0.2, 0.25) is 0 Å². The van der Waals surface area contributed by atoms with Crippen molar-refractivity contribution in [1.82, 2.24) is 20.6 Å². The number of rotatable bonds is 3. The van der Waals surface area contributed by atoms with E-state index in [9.17, 15) is 4.79 Å². The third kappa shape index (κ3) is 3.73. The summed E-state index contributed by atoms with van der Waals surface area (Å²) in [5.74, 6) is 0.266. The monoisotopic (exact) mass is 282 g/mol. The fraction of sp³-hybridized carbons (Fsp3) is 0.273. The van der Waals surface area contributed by atoms with E-state index >= 15 is 0 Å². The van der Waals surface area contributed by atoms with E-state index in [1.807, 2.05) is 0 Å². The molecule has 1 aromatic heterocycles. The van der Waals surface area contributed by atoms with E-state index < -0.39 is 5.54 Å². The first-order chi connectivity index (χ1) is 8.47. The summed E-state index contributed by atoms with van der Waals surface area (Å²) >= 11 is 0. The number of aromatic amines is 1. The van der Waals surface area contributed by atoms with Crippen molar-refractivity contribution in [2.24, 2.45) is 5.73 Å². The van der Waals surface area contributed by atoms with E-state index in [2.05, 4.69) is 25.9 Å². The molecule has 0 saturated heterocycles. The van der Waals surface area contributed by atoms with Crippen molar-refractivity contribution in [1.29, 1.82) is 0 Å². The number of nitrogens with zero attached hydrogens (tertiary/aromatic N) is 3. The second-order valence-electron chi connectivity index (χ2n) is 4.49. The summed E-state index contributed by atoms with van der Waals surface area (Å²) in [6.45, 7) is 3.30. The van der Waals surface area contributed by atoms with Crippen LogP contribution >= 0.6 is 12.4 Å². The zero-order chi connectivity index (χ0) is 13.2. The molecule has 0 aliphatic heterocycles. The number of tetrazole rings is 1. The van der Waals surface area contributed by atoms with Gasteiger partial charge in [-0.05, 0) is 43.3 Å². The average molecular weight is 283 g/mol. The maximum Gasteiger partial charge on any atom is 0.243 e. The molecule has 2 aromatic rings. The number of nitrogens with one attached hydrogen (secondary N) is 2. The van der Waals surface area contributed by atoms with Gasteiger partial charge in [0.1, 0.15) is 0 Å². The zero-order valence-electron chi connectivity index (χ0n) is 10.5. The fourth-order valence-corrected chi connectivity index (χ4v) is 1.28. The minimum Gasteiger partial charge on any atom is -0.325 e. The van der Waals surface area contributed by atoms with E-state index in [0.717, 1.165) is 5.56 Å². The predicted molar refractivity (Wildman–Crippen MR) is 73.8 cm³/mol. The molecule has 102 valence electrons. The molecule has 4 N–H and O–H groups in total. The summed E-state index contributed by atoms with van der Waals surface area (Å²) in [5.41, 5.74) is 6.26. The van der Waals surface area contributed by atoms with Crippen LogP contribution < -0.4 is 11.1 Å². The van der Waals surface area contributed by atoms with Gasteiger partial charge in [0.25, 0.3) is 0 Å². The Morgan fingerprint density at radius 3 is 2.42 bits per heavy atom. The van der Waals surface area contributed by atoms with Gasteiger partial charge in [0.2, 0.25) is 11.7 Å². The van der Waals surface area contributed by atoms with Gasteiger partial charge in [0.15, 0.2) is 0 Å². The van der Waals surface area contributed by atoms with E-state index in [1.165, 1.54) is 0 Å². The maximum absolute atomic E-state index is 11.7. The second-order valence-corrected chi connectivity index (χ2v) is 4.49. The third-order valence-corrected chi connectivity index (χ3v) is 2.33. The van der Waals surface area contributed by atoms with Crippen molar-refractivity contribution in [2.45, 2.75) is 19.4 Å². The predicted octanol–water partition coefficient (Wildman–Crippen LogP) is 0.964. The van der Waals surface area contributed by atoms with Crippen LogP contribution in [0.25, 0.3) is 11.4 Å². The summed E-state index contributed by atoms with van der Waals surface area (Å²) in [6.07, 6.45) is 0. The second kappa shape index (κ2) is 5.77. The molecule has 1 aromatic carbocycles. The van der Waals surface area contributed by atoms with Crippen LogP contribution in [0.4, 0.5) is 5.69 Å². The highest BCUT2D eigenvalue weighted by Crippen LogP contribution is 2.17. The molecule has 0 saturated carbocycles. The number of benzene rings is 1. The van der Waals surface area contributed by atoms with Crippen molar-refractivity contribution in [2.75, 3.05) is 5.32 Å². The van der Waals surface area contributed by atoms with Gasteiger partial charge < -0.3 is 11.1 Å². The van der Waals surface area contributed by atoms with Crippen molar-refractivity contribution in [3.63, 3.8) is 0 Å². The lowest BCUT2D eigenvalue weighted by atomic mass is 10.1. The highest BCUT2D eigenvalue weighted by atomic mass is 35.5. The summed E-state index contributed by atoms with van der Waals surface area (Å²) < 4.78 is 0. The van der Waals surface area contributed by atoms with Crippen LogP contribution in [0.1, 0.15) is 13.8 Å². The number of anilines is 1. The number of amides is 1. The van der Waals surface area contributed by atoms with Crippen LogP contribution in [-0.4, -0.2) is 32.1 Å². The fourth-order valence-electron chi connectivity index (χ4n) is 1.28. The highest BCUT2D eigenvalue weighted by molar-refractivity contribution is 5.97. The molecular weight excluding hydrogens is 268 g/mol. The Bertz CT molecular complexity index is 531. The molecule has 0 spiro atoms. The van der Waals surface area contributed by atoms with E-state index in [-0.39, 0.29) is 18.3 Å². The lowest BCUT2D eigenvalue weighted by molar-refractivity contribution is -0.120. The lowest BCUT2D eigenvalue weighted by Gasteiger charge is -2.17. The molecule has 0 aliphatic carbocycles. The maximum atomic E-state index is 11.7. The molecular formula is C11H15ClN6O. The van der Waals surface area contributed by atoms with E-state index in [0.29, 0.717) is 11.5 Å². The molecule has 7 nitrogen and oxygen atoms in total. The standard InChI is InChI=1S/C11H14N6O.ClH/c1-11(2,12)10(18)13-8-5-3-7(4-6-8)9-14-16-17-15-9;/h3-6H,12H2,1-2H3,(H,13,18)(H,14,15,16,17);1H. The first-order valence-electron chi connectivity index (χ1n) is 5.41. The number of H-pyrrole nitrogens is 1. The molecule has 0 bridgehead atoms. The Balaban J connectivity index is 0.00000180. The average Bonchev–Trinajstić information content (AvgIpc) is 2.82. The summed E-state index contributed by atoms with van der Waals surface area (Å²) in [4.78, 5) is 11.7. The molecule has 0 unspecified atom stereocenters. The quantitative estimate of drug-likeness (QED) is 0.777. The van der Waals surface area contributed by atoms with Gasteiger partial charge in [-0.1, -0.05) is 0 Å². The number of aromatic nitrogens is 4. The van der Waals surface area contributed by atoms with Gasteiger partial charge in [-0.25, -0.2) is 0 Å². The molecule has 1 heterocycles. The number of hydrogen-bond donors (Lipinski definition) is 3. The van der Waals surface area contributed by atoms with Crippen LogP contribution in [0, 0.1) is 0 Å². The van der Waals surface area contributed by atoms with E-state index in [4.69, 9.17) is 5.73 Å². The van der Waals surface area contributed by atoms with Crippen LogP contribution in [0.15, 0.2) is 24.3 Å². The molecule has 0 fully saturated rings. The Morgan fingerprint density at radius 1 is 1.32 bits per heavy atom. The number of carbonyl (C=O) groups is 1. The SMILES string of the molecule is CC(C)(N)C(=O)Nc1ccc(-c2nn[nH]n2)cc1.Cl. The number of nitrogens with two attached hydrogens (primary N) is 1. The molecule has 0 radical (unpaired) electrons. The minimum atomic E-state index is -0.910. The van der Waals surface area contributed by atoms with Crippen LogP contribution in [0.3, 0.4) is 0 Å². The van der Waals surface area contributed by atoms with Gasteiger partial charge >= 0.3 is 0 Å². The largest absolute Gasteiger partial charge is 0.325 e. The zero-order valence-corrected chi connectivity index (χ0v) is 11.4. The van der Waals surface area contributed by atoms with Crippen molar-refractivity contribution < 1.29 is 4.79 Å². The molecule has 2 rings (SSSR count). The van der Waals surface area contributed by atoms with Gasteiger partial charge in [-0.3, -0.25) is 4.79 Å². The van der Waals surface area contributed by atoms with E-state index in [1.54, 1.807) is 38.1 Å². The molecule has 1 amide bonds. The van der Waals surface area contributed by atoms with Gasteiger partial charge in [0.05, 0.1) is 5.54 Å². The first-order valence-corrected chi connectivity index (χ1v) is 5.41. The normalized spacial score (nSPS) is 10.7.